The van der Waals surface area contributed by atoms with Crippen molar-refractivity contribution in [2.75, 3.05) is 24.5 Å². The van der Waals surface area contributed by atoms with E-state index in [1.807, 2.05) is 0 Å². The molecular weight excluding hydrogens is 268 g/mol. The monoisotopic (exact) mass is 288 g/mol. The standard InChI is InChI=1S/C15H20N4S/c1-10-8-20-14-13(10)16-9-17-15(14)19-7-12-4-3-5-18(12)6-11(19)2/h8-9,11-12H,3-7H2,1-2H3. The second-order valence-corrected chi connectivity index (χ2v) is 6.97. The van der Waals surface area contributed by atoms with Crippen LogP contribution in [0.25, 0.3) is 10.2 Å². The summed E-state index contributed by atoms with van der Waals surface area (Å²) in [7, 11) is 0. The molecule has 4 rings (SSSR count). The molecule has 2 aromatic heterocycles. The summed E-state index contributed by atoms with van der Waals surface area (Å²) in [5.74, 6) is 1.15. The van der Waals surface area contributed by atoms with Gasteiger partial charge in [-0.25, -0.2) is 9.97 Å². The number of aromatic nitrogens is 2. The second kappa shape index (κ2) is 4.67. The summed E-state index contributed by atoms with van der Waals surface area (Å²) in [6, 6.07) is 1.25. The molecule has 0 aromatic carbocycles. The van der Waals surface area contributed by atoms with Gasteiger partial charge in [0.2, 0.25) is 0 Å². The molecule has 2 aliphatic rings. The number of aryl methyl sites for hydroxylation is 1. The Morgan fingerprint density at radius 3 is 3.10 bits per heavy atom. The third kappa shape index (κ3) is 1.84. The average molecular weight is 288 g/mol. The van der Waals surface area contributed by atoms with Crippen LogP contribution in [0.4, 0.5) is 5.82 Å². The third-order valence-electron chi connectivity index (χ3n) is 4.72. The maximum Gasteiger partial charge on any atom is 0.150 e. The predicted molar refractivity (Wildman–Crippen MR) is 83.6 cm³/mol. The van der Waals surface area contributed by atoms with E-state index >= 15 is 0 Å². The van der Waals surface area contributed by atoms with Crippen LogP contribution in [-0.2, 0) is 0 Å². The maximum absolute atomic E-state index is 4.62. The van der Waals surface area contributed by atoms with Crippen molar-refractivity contribution < 1.29 is 0 Å². The zero-order valence-electron chi connectivity index (χ0n) is 12.0. The van der Waals surface area contributed by atoms with Crippen molar-refractivity contribution in [3.8, 4) is 0 Å². The minimum atomic E-state index is 0.532. The van der Waals surface area contributed by atoms with Crippen molar-refractivity contribution in [3.63, 3.8) is 0 Å². The van der Waals surface area contributed by atoms with Crippen LogP contribution in [0.5, 0.6) is 0 Å². The highest BCUT2D eigenvalue weighted by Gasteiger charge is 2.35. The van der Waals surface area contributed by atoms with E-state index in [1.54, 1.807) is 17.7 Å². The average Bonchev–Trinajstić information content (AvgIpc) is 3.04. The highest BCUT2D eigenvalue weighted by atomic mass is 32.1. The molecule has 0 aliphatic carbocycles. The molecule has 0 N–H and O–H groups in total. The van der Waals surface area contributed by atoms with Crippen molar-refractivity contribution in [2.24, 2.45) is 0 Å². The van der Waals surface area contributed by atoms with Gasteiger partial charge in [-0.15, -0.1) is 11.3 Å². The molecule has 2 aliphatic heterocycles. The van der Waals surface area contributed by atoms with Crippen LogP contribution >= 0.6 is 11.3 Å². The fourth-order valence-corrected chi connectivity index (χ4v) is 4.65. The van der Waals surface area contributed by atoms with Gasteiger partial charge >= 0.3 is 0 Å². The Hall–Kier alpha value is -1.20. The second-order valence-electron chi connectivity index (χ2n) is 6.09. The van der Waals surface area contributed by atoms with E-state index in [4.69, 9.17) is 0 Å². The van der Waals surface area contributed by atoms with Gasteiger partial charge in [-0.1, -0.05) is 0 Å². The number of anilines is 1. The van der Waals surface area contributed by atoms with Crippen LogP contribution in [0.3, 0.4) is 0 Å². The fourth-order valence-electron chi connectivity index (χ4n) is 3.64. The van der Waals surface area contributed by atoms with Gasteiger partial charge in [0.15, 0.2) is 0 Å². The summed E-state index contributed by atoms with van der Waals surface area (Å²) in [4.78, 5) is 14.2. The summed E-state index contributed by atoms with van der Waals surface area (Å²) in [5.41, 5.74) is 2.39. The highest BCUT2D eigenvalue weighted by Crippen LogP contribution is 2.34. The Kier molecular flexibility index (Phi) is 2.93. The molecule has 2 saturated heterocycles. The number of nitrogens with zero attached hydrogens (tertiary/aromatic N) is 4. The summed E-state index contributed by atoms with van der Waals surface area (Å²) in [5, 5.41) is 2.19. The molecule has 2 fully saturated rings. The minimum Gasteiger partial charge on any atom is -0.350 e. The molecule has 0 amide bonds. The smallest absolute Gasteiger partial charge is 0.150 e. The molecule has 20 heavy (non-hydrogen) atoms. The number of thiophene rings is 1. The quantitative estimate of drug-likeness (QED) is 0.807. The van der Waals surface area contributed by atoms with Gasteiger partial charge in [0.1, 0.15) is 12.1 Å². The lowest BCUT2D eigenvalue weighted by Crippen LogP contribution is -2.55. The summed E-state index contributed by atoms with van der Waals surface area (Å²) in [6.07, 6.45) is 4.41. The van der Waals surface area contributed by atoms with Crippen LogP contribution < -0.4 is 4.90 Å². The zero-order chi connectivity index (χ0) is 13.7. The van der Waals surface area contributed by atoms with Gasteiger partial charge in [0, 0.05) is 25.2 Å². The van der Waals surface area contributed by atoms with E-state index in [2.05, 4.69) is 39.0 Å². The molecule has 106 valence electrons. The van der Waals surface area contributed by atoms with Crippen LogP contribution in [-0.4, -0.2) is 46.6 Å². The van der Waals surface area contributed by atoms with E-state index in [1.165, 1.54) is 36.2 Å². The highest BCUT2D eigenvalue weighted by molar-refractivity contribution is 7.18. The van der Waals surface area contributed by atoms with Gasteiger partial charge in [-0.3, -0.25) is 4.90 Å². The van der Waals surface area contributed by atoms with Crippen LogP contribution in [0.2, 0.25) is 0 Å². The molecule has 0 saturated carbocycles. The molecule has 0 spiro atoms. The normalized spacial score (nSPS) is 27.2. The number of fused-ring (bicyclic) bond motifs is 2. The lowest BCUT2D eigenvalue weighted by atomic mass is 10.1. The van der Waals surface area contributed by atoms with E-state index in [0.717, 1.165) is 23.9 Å². The Bertz CT molecular complexity index is 638. The van der Waals surface area contributed by atoms with Crippen LogP contribution in [0.15, 0.2) is 11.7 Å². The number of rotatable bonds is 1. The fraction of sp³-hybridized carbons (Fsp3) is 0.600. The Balaban J connectivity index is 1.74. The van der Waals surface area contributed by atoms with Gasteiger partial charge in [0.05, 0.1) is 10.2 Å². The Morgan fingerprint density at radius 2 is 2.20 bits per heavy atom. The Labute approximate surface area is 123 Å². The van der Waals surface area contributed by atoms with Gasteiger partial charge < -0.3 is 4.90 Å². The minimum absolute atomic E-state index is 0.532. The lowest BCUT2D eigenvalue weighted by molar-refractivity contribution is 0.202. The molecule has 2 aromatic rings. The first-order valence-corrected chi connectivity index (χ1v) is 8.31. The molecule has 2 unspecified atom stereocenters. The molecule has 2 atom stereocenters. The first-order valence-electron chi connectivity index (χ1n) is 7.43. The van der Waals surface area contributed by atoms with Crippen molar-refractivity contribution in [2.45, 2.75) is 38.8 Å². The van der Waals surface area contributed by atoms with Gasteiger partial charge in [-0.05, 0) is 44.2 Å². The van der Waals surface area contributed by atoms with Crippen LogP contribution in [0, 0.1) is 6.92 Å². The lowest BCUT2D eigenvalue weighted by Gasteiger charge is -2.43. The predicted octanol–water partition coefficient (Wildman–Crippen LogP) is 2.67. The summed E-state index contributed by atoms with van der Waals surface area (Å²) in [6.45, 7) is 8.02. The molecule has 4 nitrogen and oxygen atoms in total. The largest absolute Gasteiger partial charge is 0.350 e. The molecule has 4 heterocycles. The topological polar surface area (TPSA) is 32.3 Å². The Morgan fingerprint density at radius 1 is 1.30 bits per heavy atom. The van der Waals surface area contributed by atoms with Crippen molar-refractivity contribution in [3.05, 3.63) is 17.3 Å². The van der Waals surface area contributed by atoms with Gasteiger partial charge in [0.25, 0.3) is 0 Å². The first kappa shape index (κ1) is 12.5. The van der Waals surface area contributed by atoms with Gasteiger partial charge in [-0.2, -0.15) is 0 Å². The first-order chi connectivity index (χ1) is 9.74. The number of hydrogen-bond donors (Lipinski definition) is 0. The summed E-state index contributed by atoms with van der Waals surface area (Å²) < 4.78 is 1.25. The van der Waals surface area contributed by atoms with Crippen LogP contribution in [0.1, 0.15) is 25.3 Å². The number of hydrogen-bond acceptors (Lipinski definition) is 5. The van der Waals surface area contributed by atoms with Crippen molar-refractivity contribution in [1.82, 2.24) is 14.9 Å². The zero-order valence-corrected chi connectivity index (χ0v) is 12.9. The van der Waals surface area contributed by atoms with Crippen molar-refractivity contribution >= 4 is 27.4 Å². The third-order valence-corrected chi connectivity index (χ3v) is 5.80. The van der Waals surface area contributed by atoms with Crippen molar-refractivity contribution in [1.29, 1.82) is 0 Å². The molecular formula is C15H20N4S. The maximum atomic E-state index is 4.62. The number of piperazine rings is 1. The SMILES string of the molecule is Cc1csc2c(N3CC4CCCN4CC3C)ncnc12. The van der Waals surface area contributed by atoms with E-state index in [0.29, 0.717) is 6.04 Å². The van der Waals surface area contributed by atoms with E-state index in [-0.39, 0.29) is 0 Å². The van der Waals surface area contributed by atoms with E-state index < -0.39 is 0 Å². The van der Waals surface area contributed by atoms with E-state index in [9.17, 15) is 0 Å². The molecule has 0 radical (unpaired) electrons. The summed E-state index contributed by atoms with van der Waals surface area (Å²) >= 11 is 1.78. The molecule has 5 heteroatoms. The molecule has 0 bridgehead atoms.